The topological polar surface area (TPSA) is 71.5 Å². The van der Waals surface area contributed by atoms with E-state index in [0.29, 0.717) is 18.7 Å². The van der Waals surface area contributed by atoms with Gasteiger partial charge in [-0.2, -0.15) is 4.31 Å². The largest absolute Gasteiger partial charge is 0.229 e. The van der Waals surface area contributed by atoms with Gasteiger partial charge in [-0.25, -0.2) is 16.8 Å². The van der Waals surface area contributed by atoms with E-state index in [9.17, 15) is 16.8 Å². The van der Waals surface area contributed by atoms with Crippen molar-refractivity contribution in [2.24, 2.45) is 0 Å². The summed E-state index contributed by atoms with van der Waals surface area (Å²) in [6.07, 6.45) is 1.18. The molecule has 16 heavy (non-hydrogen) atoms. The molecule has 0 radical (unpaired) electrons. The highest BCUT2D eigenvalue weighted by Gasteiger charge is 2.29. The Labute approximate surface area is 102 Å². The average Bonchev–Trinajstić information content (AvgIpc) is 2.17. The third-order valence-corrected chi connectivity index (χ3v) is 6.32. The number of halogens is 1. The van der Waals surface area contributed by atoms with E-state index in [1.807, 2.05) is 0 Å². The Hall–Kier alpha value is 0.150. The summed E-state index contributed by atoms with van der Waals surface area (Å²) in [6, 6.07) is 0. The lowest BCUT2D eigenvalue weighted by Gasteiger charge is -2.25. The lowest BCUT2D eigenvalue weighted by Crippen LogP contribution is -2.44. The van der Waals surface area contributed by atoms with Gasteiger partial charge < -0.3 is 0 Å². The zero-order valence-electron chi connectivity index (χ0n) is 8.93. The minimum Gasteiger partial charge on any atom is -0.229 e. The standard InChI is InChI=1S/C8H16ClNO4S2/c9-3-1-2-6-16(13,14)10-4-7-15(11,12)8-5-10/h1-8H2. The zero-order chi connectivity index (χ0) is 12.2. The molecule has 0 aromatic heterocycles. The maximum atomic E-state index is 11.8. The molecule has 0 spiro atoms. The van der Waals surface area contributed by atoms with E-state index in [-0.39, 0.29) is 30.3 Å². The minimum absolute atomic E-state index is 0.0553. The fourth-order valence-corrected chi connectivity index (χ4v) is 4.67. The van der Waals surface area contributed by atoms with Gasteiger partial charge in [0, 0.05) is 19.0 Å². The molecular weight excluding hydrogens is 274 g/mol. The third-order valence-electron chi connectivity index (χ3n) is 2.48. The SMILES string of the molecule is O=S1(=O)CCN(S(=O)(=O)CCCCCl)CC1. The van der Waals surface area contributed by atoms with Crippen LogP contribution in [-0.2, 0) is 19.9 Å². The van der Waals surface area contributed by atoms with Crippen LogP contribution in [0.2, 0.25) is 0 Å². The van der Waals surface area contributed by atoms with Gasteiger partial charge in [-0.15, -0.1) is 11.6 Å². The molecule has 0 aliphatic carbocycles. The molecule has 96 valence electrons. The molecule has 0 atom stereocenters. The van der Waals surface area contributed by atoms with Crippen LogP contribution in [0.4, 0.5) is 0 Å². The van der Waals surface area contributed by atoms with Crippen molar-refractivity contribution in [3.8, 4) is 0 Å². The summed E-state index contributed by atoms with van der Waals surface area (Å²) in [7, 11) is -6.32. The number of rotatable bonds is 5. The summed E-state index contributed by atoms with van der Waals surface area (Å²) in [5.41, 5.74) is 0. The molecule has 1 rings (SSSR count). The van der Waals surface area contributed by atoms with Gasteiger partial charge in [-0.3, -0.25) is 0 Å². The number of unbranched alkanes of at least 4 members (excludes halogenated alkanes) is 1. The summed E-state index contributed by atoms with van der Waals surface area (Å²) in [5.74, 6) is 0.368. The van der Waals surface area contributed by atoms with Crippen molar-refractivity contribution in [2.45, 2.75) is 12.8 Å². The monoisotopic (exact) mass is 289 g/mol. The maximum Gasteiger partial charge on any atom is 0.214 e. The number of alkyl halides is 1. The first-order valence-corrected chi connectivity index (χ1v) is 9.08. The summed E-state index contributed by atoms with van der Waals surface area (Å²) < 4.78 is 47.1. The summed E-state index contributed by atoms with van der Waals surface area (Å²) >= 11 is 5.47. The lowest BCUT2D eigenvalue weighted by atomic mass is 10.4. The average molecular weight is 290 g/mol. The first-order chi connectivity index (χ1) is 7.37. The summed E-state index contributed by atoms with van der Waals surface area (Å²) in [6.45, 7) is 0.178. The molecule has 0 aromatic carbocycles. The molecular formula is C8H16ClNO4S2. The molecule has 0 aromatic rings. The molecule has 8 heteroatoms. The lowest BCUT2D eigenvalue weighted by molar-refractivity contribution is 0.429. The summed E-state index contributed by atoms with van der Waals surface area (Å²) in [5, 5.41) is 0. The van der Waals surface area contributed by atoms with Gasteiger partial charge in [-0.05, 0) is 12.8 Å². The smallest absolute Gasteiger partial charge is 0.214 e. The molecule has 0 N–H and O–H groups in total. The molecule has 0 saturated carbocycles. The summed E-state index contributed by atoms with van der Waals surface area (Å²) in [4.78, 5) is 0. The molecule has 1 fully saturated rings. The van der Waals surface area contributed by atoms with Crippen LogP contribution in [0, 0.1) is 0 Å². The predicted molar refractivity (Wildman–Crippen MR) is 64.0 cm³/mol. The Bertz CT molecular complexity index is 403. The zero-order valence-corrected chi connectivity index (χ0v) is 11.3. The van der Waals surface area contributed by atoms with Gasteiger partial charge in [0.25, 0.3) is 0 Å². The Morgan fingerprint density at radius 3 is 2.19 bits per heavy atom. The van der Waals surface area contributed by atoms with Crippen molar-refractivity contribution >= 4 is 31.5 Å². The van der Waals surface area contributed by atoms with Crippen molar-refractivity contribution in [3.05, 3.63) is 0 Å². The fourth-order valence-electron chi connectivity index (χ4n) is 1.48. The van der Waals surface area contributed by atoms with Crippen molar-refractivity contribution in [1.29, 1.82) is 0 Å². The highest BCUT2D eigenvalue weighted by atomic mass is 35.5. The Kier molecular flexibility index (Phi) is 5.03. The van der Waals surface area contributed by atoms with E-state index in [1.54, 1.807) is 0 Å². The molecule has 1 aliphatic heterocycles. The molecule has 0 unspecified atom stereocenters. The van der Waals surface area contributed by atoms with Gasteiger partial charge in [0.05, 0.1) is 17.3 Å². The van der Waals surface area contributed by atoms with E-state index < -0.39 is 19.9 Å². The third kappa shape index (κ3) is 4.20. The van der Waals surface area contributed by atoms with Crippen LogP contribution in [0.15, 0.2) is 0 Å². The number of nitrogens with zero attached hydrogens (tertiary/aromatic N) is 1. The van der Waals surface area contributed by atoms with E-state index in [0.717, 1.165) is 0 Å². The maximum absolute atomic E-state index is 11.8. The van der Waals surface area contributed by atoms with Crippen LogP contribution in [0.3, 0.4) is 0 Å². The number of sulfone groups is 1. The number of hydrogen-bond acceptors (Lipinski definition) is 4. The number of hydrogen-bond donors (Lipinski definition) is 0. The molecule has 1 saturated heterocycles. The van der Waals surface area contributed by atoms with Crippen molar-refractivity contribution in [3.63, 3.8) is 0 Å². The fraction of sp³-hybridized carbons (Fsp3) is 1.00. The van der Waals surface area contributed by atoms with Crippen LogP contribution >= 0.6 is 11.6 Å². The number of sulfonamides is 1. The highest BCUT2D eigenvalue weighted by molar-refractivity contribution is 7.92. The van der Waals surface area contributed by atoms with E-state index >= 15 is 0 Å². The second-order valence-corrected chi connectivity index (χ2v) is 8.53. The molecule has 1 aliphatic rings. The molecule has 0 bridgehead atoms. The van der Waals surface area contributed by atoms with Gasteiger partial charge in [0.1, 0.15) is 0 Å². The van der Waals surface area contributed by atoms with Crippen molar-refractivity contribution in [1.82, 2.24) is 4.31 Å². The van der Waals surface area contributed by atoms with Crippen LogP contribution in [0.1, 0.15) is 12.8 Å². The van der Waals surface area contributed by atoms with Crippen LogP contribution in [0.5, 0.6) is 0 Å². The van der Waals surface area contributed by atoms with E-state index in [2.05, 4.69) is 0 Å². The van der Waals surface area contributed by atoms with E-state index in [1.165, 1.54) is 4.31 Å². The van der Waals surface area contributed by atoms with Gasteiger partial charge >= 0.3 is 0 Å². The van der Waals surface area contributed by atoms with Crippen molar-refractivity contribution in [2.75, 3.05) is 36.2 Å². The quantitative estimate of drug-likeness (QED) is 0.530. The molecule has 0 amide bonds. The van der Waals surface area contributed by atoms with E-state index in [4.69, 9.17) is 11.6 Å². The molecule has 5 nitrogen and oxygen atoms in total. The highest BCUT2D eigenvalue weighted by Crippen LogP contribution is 2.11. The van der Waals surface area contributed by atoms with Gasteiger partial charge in [-0.1, -0.05) is 0 Å². The Morgan fingerprint density at radius 2 is 1.69 bits per heavy atom. The first-order valence-electron chi connectivity index (χ1n) is 5.11. The van der Waals surface area contributed by atoms with Crippen LogP contribution in [0.25, 0.3) is 0 Å². The second-order valence-electron chi connectivity index (χ2n) is 3.76. The first kappa shape index (κ1) is 14.2. The molecule has 1 heterocycles. The normalized spacial score (nSPS) is 22.1. The minimum atomic E-state index is -3.30. The Balaban J connectivity index is 2.52. The van der Waals surface area contributed by atoms with Crippen LogP contribution < -0.4 is 0 Å². The van der Waals surface area contributed by atoms with Gasteiger partial charge in [0.15, 0.2) is 9.84 Å². The Morgan fingerprint density at radius 1 is 1.12 bits per heavy atom. The van der Waals surface area contributed by atoms with Gasteiger partial charge in [0.2, 0.25) is 10.0 Å². The van der Waals surface area contributed by atoms with Crippen LogP contribution in [-0.4, -0.2) is 57.4 Å². The predicted octanol–water partition coefficient (Wildman–Crippen LogP) is 0.0656. The van der Waals surface area contributed by atoms with Crippen molar-refractivity contribution < 1.29 is 16.8 Å². The second kappa shape index (κ2) is 5.66.